The van der Waals surface area contributed by atoms with Gasteiger partial charge in [-0.15, -0.1) is 0 Å². The molecule has 0 bridgehead atoms. The molecule has 4 heteroatoms. The monoisotopic (exact) mass is 381 g/mol. The third-order valence-electron chi connectivity index (χ3n) is 5.71. The van der Waals surface area contributed by atoms with Crippen molar-refractivity contribution in [2.45, 2.75) is 54.4 Å². The Kier molecular flexibility index (Phi) is 7.61. The molecule has 4 nitrogen and oxygen atoms in total. The number of allylic oxidation sites excluding steroid dienone is 4. The molecule has 0 heterocycles. The van der Waals surface area contributed by atoms with Crippen molar-refractivity contribution in [2.24, 2.45) is 16.4 Å². The van der Waals surface area contributed by atoms with Crippen LogP contribution >= 0.6 is 0 Å². The number of rotatable bonds is 7. The molecule has 1 atom stereocenters. The zero-order chi connectivity index (χ0) is 20.7. The molecule has 1 aromatic carbocycles. The maximum Gasteiger partial charge on any atom is 0.271 e. The summed E-state index contributed by atoms with van der Waals surface area (Å²) in [7, 11) is 0. The molecule has 1 unspecified atom stereocenters. The second-order valence-corrected chi connectivity index (χ2v) is 8.23. The van der Waals surface area contributed by atoms with Gasteiger partial charge in [0.1, 0.15) is 0 Å². The molecule has 1 aromatic rings. The Morgan fingerprint density at radius 3 is 2.46 bits per heavy atom. The lowest BCUT2D eigenvalue weighted by Crippen LogP contribution is -2.26. The summed E-state index contributed by atoms with van der Waals surface area (Å²) in [6, 6.07) is 7.67. The van der Waals surface area contributed by atoms with Crippen LogP contribution in [-0.4, -0.2) is 24.7 Å². The van der Waals surface area contributed by atoms with E-state index in [9.17, 15) is 4.79 Å². The molecule has 0 radical (unpaired) electrons. The van der Waals surface area contributed by atoms with Crippen LogP contribution in [0.25, 0.3) is 0 Å². The molecule has 28 heavy (non-hydrogen) atoms. The summed E-state index contributed by atoms with van der Waals surface area (Å²) >= 11 is 0. The minimum atomic E-state index is -0.187. The topological polar surface area (TPSA) is 44.7 Å². The van der Waals surface area contributed by atoms with E-state index in [-0.39, 0.29) is 11.3 Å². The number of carbonyl (C=O) groups is 1. The van der Waals surface area contributed by atoms with Gasteiger partial charge in [0.05, 0.1) is 5.71 Å². The summed E-state index contributed by atoms with van der Waals surface area (Å²) in [6.45, 7) is 14.9. The minimum Gasteiger partial charge on any atom is -0.372 e. The molecule has 152 valence electrons. The van der Waals surface area contributed by atoms with Crippen molar-refractivity contribution >= 4 is 17.3 Å². The summed E-state index contributed by atoms with van der Waals surface area (Å²) in [4.78, 5) is 14.6. The van der Waals surface area contributed by atoms with Crippen molar-refractivity contribution in [3.8, 4) is 0 Å². The van der Waals surface area contributed by atoms with Crippen molar-refractivity contribution < 1.29 is 4.79 Å². The van der Waals surface area contributed by atoms with Gasteiger partial charge in [-0.1, -0.05) is 31.6 Å². The van der Waals surface area contributed by atoms with Gasteiger partial charge in [0, 0.05) is 30.3 Å². The Morgan fingerprint density at radius 2 is 1.89 bits per heavy atom. The van der Waals surface area contributed by atoms with Gasteiger partial charge in [-0.2, -0.15) is 5.10 Å². The standard InChI is InChI=1S/C24H35N3O/c1-7-27(8-2)21-14-12-20(13-15-21)23(28)26-25-19(4)11-16-22-18(3)10-9-17-24(22,5)6/h10-16,22H,7-9,17H2,1-6H3,(H,26,28)/b16-11+,25-19+. The van der Waals surface area contributed by atoms with E-state index >= 15 is 0 Å². The molecule has 0 aliphatic heterocycles. The second-order valence-electron chi connectivity index (χ2n) is 8.23. The van der Waals surface area contributed by atoms with Gasteiger partial charge in [-0.05, 0) is 76.3 Å². The lowest BCUT2D eigenvalue weighted by Gasteiger charge is -2.36. The first kappa shape index (κ1) is 21.9. The Labute approximate surface area is 170 Å². The molecule has 2 rings (SSSR count). The Balaban J connectivity index is 1.99. The molecule has 1 amide bonds. The smallest absolute Gasteiger partial charge is 0.271 e. The molecule has 1 N–H and O–H groups in total. The molecule has 0 spiro atoms. The number of hydrogen-bond acceptors (Lipinski definition) is 3. The highest BCUT2D eigenvalue weighted by Crippen LogP contribution is 2.41. The molecule has 0 saturated heterocycles. The van der Waals surface area contributed by atoms with Crippen molar-refractivity contribution in [1.29, 1.82) is 0 Å². The van der Waals surface area contributed by atoms with Crippen molar-refractivity contribution in [3.63, 3.8) is 0 Å². The first-order valence-corrected chi connectivity index (χ1v) is 10.3. The fourth-order valence-corrected chi connectivity index (χ4v) is 3.87. The number of nitrogens with zero attached hydrogens (tertiary/aromatic N) is 2. The van der Waals surface area contributed by atoms with E-state index in [1.54, 1.807) is 0 Å². The van der Waals surface area contributed by atoms with Crippen LogP contribution in [0.4, 0.5) is 5.69 Å². The highest BCUT2D eigenvalue weighted by atomic mass is 16.2. The van der Waals surface area contributed by atoms with E-state index in [1.165, 1.54) is 12.0 Å². The highest BCUT2D eigenvalue weighted by molar-refractivity contribution is 5.97. The third kappa shape index (κ3) is 5.57. The van der Waals surface area contributed by atoms with Crippen LogP contribution in [-0.2, 0) is 0 Å². The fourth-order valence-electron chi connectivity index (χ4n) is 3.87. The molecule has 0 fully saturated rings. The lowest BCUT2D eigenvalue weighted by molar-refractivity contribution is 0.0955. The molecule has 1 aliphatic carbocycles. The molecular weight excluding hydrogens is 346 g/mol. The average molecular weight is 382 g/mol. The first-order chi connectivity index (χ1) is 13.3. The number of amides is 1. The number of hydrogen-bond donors (Lipinski definition) is 1. The van der Waals surface area contributed by atoms with Crippen LogP contribution in [0.15, 0.2) is 53.2 Å². The predicted octanol–water partition coefficient (Wildman–Crippen LogP) is 5.58. The Morgan fingerprint density at radius 1 is 1.25 bits per heavy atom. The maximum absolute atomic E-state index is 12.4. The van der Waals surface area contributed by atoms with Gasteiger partial charge in [0.15, 0.2) is 0 Å². The molecule has 0 aromatic heterocycles. The van der Waals surface area contributed by atoms with Crippen LogP contribution in [0.2, 0.25) is 0 Å². The number of anilines is 1. The van der Waals surface area contributed by atoms with Gasteiger partial charge < -0.3 is 4.90 Å². The van der Waals surface area contributed by atoms with Crippen LogP contribution < -0.4 is 10.3 Å². The quantitative estimate of drug-likeness (QED) is 0.381. The van der Waals surface area contributed by atoms with E-state index in [2.05, 4.69) is 62.2 Å². The van der Waals surface area contributed by atoms with Crippen molar-refractivity contribution in [2.75, 3.05) is 18.0 Å². The second kappa shape index (κ2) is 9.72. The number of nitrogens with one attached hydrogen (secondary N) is 1. The maximum atomic E-state index is 12.4. The number of benzene rings is 1. The zero-order valence-electron chi connectivity index (χ0n) is 18.2. The van der Waals surface area contributed by atoms with E-state index in [1.807, 2.05) is 37.3 Å². The van der Waals surface area contributed by atoms with Crippen molar-refractivity contribution in [3.05, 3.63) is 53.6 Å². The lowest BCUT2D eigenvalue weighted by atomic mass is 9.68. The third-order valence-corrected chi connectivity index (χ3v) is 5.71. The zero-order valence-corrected chi connectivity index (χ0v) is 18.2. The van der Waals surface area contributed by atoms with Crippen LogP contribution in [0.1, 0.15) is 64.7 Å². The van der Waals surface area contributed by atoms with Crippen LogP contribution in [0.5, 0.6) is 0 Å². The van der Waals surface area contributed by atoms with Gasteiger partial charge in [-0.25, -0.2) is 5.43 Å². The van der Waals surface area contributed by atoms with E-state index in [0.29, 0.717) is 11.5 Å². The SMILES string of the molecule is CCN(CC)c1ccc(C(=O)N/N=C(C)/C=C/C2C(C)=CCCC2(C)C)cc1. The Bertz CT molecular complexity index is 753. The Hall–Kier alpha value is -2.36. The van der Waals surface area contributed by atoms with Crippen LogP contribution in [0.3, 0.4) is 0 Å². The summed E-state index contributed by atoms with van der Waals surface area (Å²) in [5.41, 5.74) is 6.87. The van der Waals surface area contributed by atoms with E-state index in [0.717, 1.165) is 30.9 Å². The van der Waals surface area contributed by atoms with Gasteiger partial charge in [0.25, 0.3) is 5.91 Å². The first-order valence-electron chi connectivity index (χ1n) is 10.3. The van der Waals surface area contributed by atoms with Crippen molar-refractivity contribution in [1.82, 2.24) is 5.43 Å². The number of hydrazone groups is 1. The van der Waals surface area contributed by atoms with Gasteiger partial charge in [-0.3, -0.25) is 4.79 Å². The highest BCUT2D eigenvalue weighted by Gasteiger charge is 2.30. The van der Waals surface area contributed by atoms with E-state index < -0.39 is 0 Å². The molecule has 1 aliphatic rings. The summed E-state index contributed by atoms with van der Waals surface area (Å²) in [6.07, 6.45) is 8.90. The number of carbonyl (C=O) groups excluding carboxylic acids is 1. The fraction of sp³-hybridized carbons (Fsp3) is 0.500. The van der Waals surface area contributed by atoms with E-state index in [4.69, 9.17) is 0 Å². The summed E-state index contributed by atoms with van der Waals surface area (Å²) < 4.78 is 0. The van der Waals surface area contributed by atoms with Gasteiger partial charge in [0.2, 0.25) is 0 Å². The average Bonchev–Trinajstić information content (AvgIpc) is 2.66. The van der Waals surface area contributed by atoms with Gasteiger partial charge >= 0.3 is 0 Å². The minimum absolute atomic E-state index is 0.187. The summed E-state index contributed by atoms with van der Waals surface area (Å²) in [5, 5.41) is 4.25. The molecular formula is C24H35N3O. The predicted molar refractivity (Wildman–Crippen MR) is 120 cm³/mol. The largest absolute Gasteiger partial charge is 0.372 e. The molecule has 0 saturated carbocycles. The summed E-state index contributed by atoms with van der Waals surface area (Å²) in [5.74, 6) is 0.225. The normalized spacial score (nSPS) is 19.4. The van der Waals surface area contributed by atoms with Crippen LogP contribution in [0, 0.1) is 11.3 Å².